The zero-order valence-corrected chi connectivity index (χ0v) is 11.1. The Bertz CT molecular complexity index is 459. The monoisotopic (exact) mass is 282 g/mol. The van der Waals surface area contributed by atoms with Gasteiger partial charge in [-0.1, -0.05) is 29.8 Å². The van der Waals surface area contributed by atoms with Crippen molar-refractivity contribution in [3.63, 3.8) is 0 Å². The van der Waals surface area contributed by atoms with E-state index in [4.69, 9.17) is 16.7 Å². The number of halogens is 1. The van der Waals surface area contributed by atoms with E-state index in [1.165, 1.54) is 6.08 Å². The van der Waals surface area contributed by atoms with Gasteiger partial charge in [-0.05, 0) is 17.7 Å². The van der Waals surface area contributed by atoms with Crippen molar-refractivity contribution in [3.05, 3.63) is 47.5 Å². The molecular formula is C13H15ClN2O3. The molecule has 1 rings (SSSR count). The number of carboxylic acid groups (broad SMARTS) is 1. The third-order valence-corrected chi connectivity index (χ3v) is 2.57. The molecule has 0 spiro atoms. The average Bonchev–Trinajstić information content (AvgIpc) is 2.37. The molecule has 2 amide bonds. The molecule has 0 radical (unpaired) electrons. The second-order valence-corrected chi connectivity index (χ2v) is 4.28. The van der Waals surface area contributed by atoms with E-state index in [0.717, 1.165) is 10.5 Å². The van der Waals surface area contributed by atoms with Crippen LogP contribution in [-0.2, 0) is 11.3 Å². The van der Waals surface area contributed by atoms with Crippen LogP contribution in [0.5, 0.6) is 0 Å². The quantitative estimate of drug-likeness (QED) is 0.785. The lowest BCUT2D eigenvalue weighted by atomic mass is 10.2. The van der Waals surface area contributed by atoms with Crippen molar-refractivity contribution >= 4 is 23.6 Å². The topological polar surface area (TPSA) is 69.6 Å². The van der Waals surface area contributed by atoms with Crippen LogP contribution in [0.15, 0.2) is 36.9 Å². The summed E-state index contributed by atoms with van der Waals surface area (Å²) < 4.78 is 0. The molecule has 0 saturated heterocycles. The number of hydrogen-bond donors (Lipinski definition) is 2. The van der Waals surface area contributed by atoms with Gasteiger partial charge < -0.3 is 15.3 Å². The maximum atomic E-state index is 11.8. The molecular weight excluding hydrogens is 268 g/mol. The highest BCUT2D eigenvalue weighted by atomic mass is 35.5. The number of carbonyl (C=O) groups excluding carboxylic acids is 1. The summed E-state index contributed by atoms with van der Waals surface area (Å²) in [4.78, 5) is 23.6. The molecule has 0 aliphatic carbocycles. The molecule has 102 valence electrons. The second-order valence-electron chi connectivity index (χ2n) is 3.85. The molecule has 2 N–H and O–H groups in total. The molecule has 0 fully saturated rings. The van der Waals surface area contributed by atoms with Crippen LogP contribution in [0.4, 0.5) is 4.79 Å². The number of hydrogen-bond acceptors (Lipinski definition) is 2. The molecule has 19 heavy (non-hydrogen) atoms. The third kappa shape index (κ3) is 5.44. The van der Waals surface area contributed by atoms with E-state index in [1.54, 1.807) is 24.3 Å². The minimum absolute atomic E-state index is 0.179. The molecule has 5 nitrogen and oxygen atoms in total. The van der Waals surface area contributed by atoms with Gasteiger partial charge >= 0.3 is 12.0 Å². The number of nitrogens with one attached hydrogen (secondary N) is 1. The van der Waals surface area contributed by atoms with Crippen LogP contribution in [0.2, 0.25) is 5.02 Å². The van der Waals surface area contributed by atoms with Gasteiger partial charge in [0.15, 0.2) is 0 Å². The summed E-state index contributed by atoms with van der Waals surface area (Å²) in [5.41, 5.74) is 0.881. The Hall–Kier alpha value is -2.01. The van der Waals surface area contributed by atoms with Crippen molar-refractivity contribution in [1.82, 2.24) is 10.2 Å². The highest BCUT2D eigenvalue weighted by Crippen LogP contribution is 2.09. The van der Waals surface area contributed by atoms with E-state index in [9.17, 15) is 9.59 Å². The van der Waals surface area contributed by atoms with Crippen molar-refractivity contribution in [2.24, 2.45) is 0 Å². The van der Waals surface area contributed by atoms with Gasteiger partial charge in [0, 0.05) is 18.1 Å². The van der Waals surface area contributed by atoms with Crippen LogP contribution in [0.25, 0.3) is 0 Å². The summed E-state index contributed by atoms with van der Waals surface area (Å²) in [5, 5.41) is 12.0. The average molecular weight is 283 g/mol. The summed E-state index contributed by atoms with van der Waals surface area (Å²) in [5.74, 6) is -1.07. The Kier molecular flexibility index (Phi) is 5.89. The first-order chi connectivity index (χ1) is 9.02. The SMILES string of the molecule is C=CCN(CC(=O)O)C(=O)NCc1ccc(Cl)cc1. The van der Waals surface area contributed by atoms with Gasteiger partial charge in [0.1, 0.15) is 6.54 Å². The molecule has 0 aliphatic rings. The number of carboxylic acids is 1. The minimum Gasteiger partial charge on any atom is -0.480 e. The predicted octanol–water partition coefficient (Wildman–Crippen LogP) is 2.12. The molecule has 0 aliphatic heterocycles. The lowest BCUT2D eigenvalue weighted by Gasteiger charge is -2.19. The number of amides is 2. The van der Waals surface area contributed by atoms with Crippen LogP contribution >= 0.6 is 11.6 Å². The van der Waals surface area contributed by atoms with E-state index in [-0.39, 0.29) is 13.1 Å². The van der Waals surface area contributed by atoms with Crippen LogP contribution in [0.3, 0.4) is 0 Å². The summed E-state index contributed by atoms with van der Waals surface area (Å²) in [6.07, 6.45) is 1.48. The van der Waals surface area contributed by atoms with E-state index in [0.29, 0.717) is 11.6 Å². The normalized spacial score (nSPS) is 9.74. The summed E-state index contributed by atoms with van der Waals surface area (Å²) >= 11 is 5.75. The highest BCUT2D eigenvalue weighted by molar-refractivity contribution is 6.30. The Morgan fingerprint density at radius 2 is 2.00 bits per heavy atom. The highest BCUT2D eigenvalue weighted by Gasteiger charge is 2.14. The van der Waals surface area contributed by atoms with Crippen molar-refractivity contribution in [2.75, 3.05) is 13.1 Å². The van der Waals surface area contributed by atoms with Crippen LogP contribution in [0, 0.1) is 0 Å². The first-order valence-electron chi connectivity index (χ1n) is 5.63. The minimum atomic E-state index is -1.07. The van der Waals surface area contributed by atoms with Crippen LogP contribution < -0.4 is 5.32 Å². The molecule has 1 aromatic rings. The van der Waals surface area contributed by atoms with Crippen molar-refractivity contribution < 1.29 is 14.7 Å². The molecule has 0 atom stereocenters. The third-order valence-electron chi connectivity index (χ3n) is 2.32. The molecule has 0 heterocycles. The maximum Gasteiger partial charge on any atom is 0.323 e. The fraction of sp³-hybridized carbons (Fsp3) is 0.231. The predicted molar refractivity (Wildman–Crippen MR) is 73.1 cm³/mol. The van der Waals surface area contributed by atoms with Crippen LogP contribution in [0.1, 0.15) is 5.56 Å². The standard InChI is InChI=1S/C13H15ClN2O3/c1-2-7-16(9-12(17)18)13(19)15-8-10-3-5-11(14)6-4-10/h2-6H,1,7-9H2,(H,15,19)(H,17,18). The summed E-state index contributed by atoms with van der Waals surface area (Å²) in [6.45, 7) is 3.61. The Morgan fingerprint density at radius 3 is 2.53 bits per heavy atom. The van der Waals surface area contributed by atoms with Gasteiger partial charge in [-0.15, -0.1) is 6.58 Å². The van der Waals surface area contributed by atoms with Crippen molar-refractivity contribution in [2.45, 2.75) is 6.54 Å². The molecule has 0 saturated carbocycles. The van der Waals surface area contributed by atoms with E-state index >= 15 is 0 Å². The van der Waals surface area contributed by atoms with Gasteiger partial charge in [-0.3, -0.25) is 4.79 Å². The maximum absolute atomic E-state index is 11.8. The Morgan fingerprint density at radius 1 is 1.37 bits per heavy atom. The molecule has 0 aromatic heterocycles. The van der Waals surface area contributed by atoms with Gasteiger partial charge in [0.25, 0.3) is 0 Å². The Labute approximate surface area is 116 Å². The summed E-state index contributed by atoms with van der Waals surface area (Å²) in [7, 11) is 0. The van der Waals surface area contributed by atoms with Gasteiger partial charge in [-0.25, -0.2) is 4.79 Å². The number of urea groups is 1. The van der Waals surface area contributed by atoms with Gasteiger partial charge in [-0.2, -0.15) is 0 Å². The smallest absolute Gasteiger partial charge is 0.323 e. The number of rotatable bonds is 6. The fourth-order valence-electron chi connectivity index (χ4n) is 1.43. The first-order valence-corrected chi connectivity index (χ1v) is 6.00. The number of benzene rings is 1. The second kappa shape index (κ2) is 7.43. The number of carbonyl (C=O) groups is 2. The molecule has 6 heteroatoms. The first kappa shape index (κ1) is 15.0. The lowest BCUT2D eigenvalue weighted by Crippen LogP contribution is -2.42. The Balaban J connectivity index is 2.54. The number of nitrogens with zero attached hydrogens (tertiary/aromatic N) is 1. The van der Waals surface area contributed by atoms with Crippen molar-refractivity contribution in [3.8, 4) is 0 Å². The van der Waals surface area contributed by atoms with E-state index in [2.05, 4.69) is 11.9 Å². The fourth-order valence-corrected chi connectivity index (χ4v) is 1.56. The zero-order valence-electron chi connectivity index (χ0n) is 10.3. The molecule has 1 aromatic carbocycles. The molecule has 0 bridgehead atoms. The van der Waals surface area contributed by atoms with Gasteiger partial charge in [0.05, 0.1) is 0 Å². The van der Waals surface area contributed by atoms with E-state index in [1.807, 2.05) is 0 Å². The van der Waals surface area contributed by atoms with E-state index < -0.39 is 12.0 Å². The van der Waals surface area contributed by atoms with Crippen molar-refractivity contribution in [1.29, 1.82) is 0 Å². The lowest BCUT2D eigenvalue weighted by molar-refractivity contribution is -0.137. The molecule has 0 unspecified atom stereocenters. The largest absolute Gasteiger partial charge is 0.480 e. The number of aliphatic carboxylic acids is 1. The van der Waals surface area contributed by atoms with Crippen LogP contribution in [-0.4, -0.2) is 35.1 Å². The van der Waals surface area contributed by atoms with Gasteiger partial charge in [0.2, 0.25) is 0 Å². The zero-order chi connectivity index (χ0) is 14.3. The summed E-state index contributed by atoms with van der Waals surface area (Å²) in [6, 6.07) is 6.58.